The van der Waals surface area contributed by atoms with E-state index in [2.05, 4.69) is 28.1 Å². The number of ether oxygens (including phenoxy) is 2. The minimum Gasteiger partial charge on any atom is -0.496 e. The molecule has 0 bridgehead atoms. The third-order valence-electron chi connectivity index (χ3n) is 2.03. The van der Waals surface area contributed by atoms with Gasteiger partial charge in [-0.25, -0.2) is 0 Å². The topological polar surface area (TPSA) is 18.5 Å². The molecule has 1 aromatic rings. The van der Waals surface area contributed by atoms with Gasteiger partial charge < -0.3 is 9.47 Å². The van der Waals surface area contributed by atoms with Crippen molar-refractivity contribution in [2.45, 2.75) is 10.1 Å². The molecular weight excluding hydrogens is 264 g/mol. The summed E-state index contributed by atoms with van der Waals surface area (Å²) < 4.78 is 11.3. The number of rotatable bonds is 3. The summed E-state index contributed by atoms with van der Waals surface area (Å²) in [5.41, 5.74) is 0. The molecule has 4 heteroatoms. The highest BCUT2D eigenvalue weighted by Crippen LogP contribution is 2.33. The van der Waals surface area contributed by atoms with Crippen LogP contribution in [0, 0.1) is 0 Å². The summed E-state index contributed by atoms with van der Waals surface area (Å²) in [7, 11) is 1.67. The van der Waals surface area contributed by atoms with Crippen LogP contribution < -0.4 is 4.74 Å². The Kier molecular flexibility index (Phi) is 3.36. The van der Waals surface area contributed by atoms with Gasteiger partial charge in [-0.15, -0.1) is 11.8 Å². The van der Waals surface area contributed by atoms with Gasteiger partial charge in [0.25, 0.3) is 0 Å². The van der Waals surface area contributed by atoms with E-state index in [9.17, 15) is 0 Å². The fourth-order valence-corrected chi connectivity index (χ4v) is 2.93. The van der Waals surface area contributed by atoms with E-state index in [1.54, 1.807) is 7.11 Å². The molecule has 0 N–H and O–H groups in total. The van der Waals surface area contributed by atoms with Crippen LogP contribution in [0.3, 0.4) is 0 Å². The van der Waals surface area contributed by atoms with Crippen molar-refractivity contribution in [3.05, 3.63) is 22.7 Å². The van der Waals surface area contributed by atoms with E-state index in [-0.39, 0.29) is 0 Å². The van der Waals surface area contributed by atoms with Gasteiger partial charge in [-0.2, -0.15) is 0 Å². The average Bonchev–Trinajstić information content (AvgIpc) is 2.12. The molecule has 76 valence electrons. The number of thioether (sulfide) groups is 1. The second-order valence-electron chi connectivity index (χ2n) is 3.07. The van der Waals surface area contributed by atoms with Crippen LogP contribution in [0.5, 0.6) is 5.75 Å². The molecule has 0 atom stereocenters. The van der Waals surface area contributed by atoms with E-state index < -0.39 is 0 Å². The lowest BCUT2D eigenvalue weighted by atomic mass is 10.3. The molecule has 1 heterocycles. The van der Waals surface area contributed by atoms with Gasteiger partial charge in [0.2, 0.25) is 0 Å². The van der Waals surface area contributed by atoms with Crippen LogP contribution in [0.4, 0.5) is 0 Å². The van der Waals surface area contributed by atoms with E-state index >= 15 is 0 Å². The van der Waals surface area contributed by atoms with Crippen molar-refractivity contribution in [1.82, 2.24) is 0 Å². The summed E-state index contributed by atoms with van der Waals surface area (Å²) in [5.74, 6) is 0.874. The Morgan fingerprint density at radius 3 is 2.79 bits per heavy atom. The minimum atomic E-state index is 0.621. The third kappa shape index (κ3) is 2.24. The largest absolute Gasteiger partial charge is 0.496 e. The van der Waals surface area contributed by atoms with E-state index in [0.29, 0.717) is 5.25 Å². The Labute approximate surface area is 96.1 Å². The molecule has 0 aliphatic carbocycles. The van der Waals surface area contributed by atoms with Crippen LogP contribution >= 0.6 is 27.7 Å². The fourth-order valence-electron chi connectivity index (χ4n) is 1.19. The zero-order valence-electron chi connectivity index (χ0n) is 7.83. The van der Waals surface area contributed by atoms with Crippen molar-refractivity contribution >= 4 is 27.7 Å². The lowest BCUT2D eigenvalue weighted by Crippen LogP contribution is -2.29. The number of hydrogen-bond acceptors (Lipinski definition) is 3. The van der Waals surface area contributed by atoms with E-state index in [0.717, 1.165) is 23.4 Å². The zero-order chi connectivity index (χ0) is 9.97. The van der Waals surface area contributed by atoms with Gasteiger partial charge in [0, 0.05) is 4.90 Å². The first kappa shape index (κ1) is 10.3. The molecule has 2 rings (SSSR count). The Morgan fingerprint density at radius 1 is 1.50 bits per heavy atom. The normalized spacial score (nSPS) is 16.4. The molecule has 2 nitrogen and oxygen atoms in total. The van der Waals surface area contributed by atoms with Gasteiger partial charge in [0.15, 0.2) is 0 Å². The highest BCUT2D eigenvalue weighted by molar-refractivity contribution is 9.10. The molecular formula is C10H11BrO2S. The molecule has 0 amide bonds. The van der Waals surface area contributed by atoms with E-state index in [1.165, 1.54) is 4.90 Å². The van der Waals surface area contributed by atoms with E-state index in [1.807, 2.05) is 17.8 Å². The van der Waals surface area contributed by atoms with Crippen molar-refractivity contribution in [3.8, 4) is 5.75 Å². The van der Waals surface area contributed by atoms with Crippen LogP contribution in [0.15, 0.2) is 27.6 Å². The van der Waals surface area contributed by atoms with Gasteiger partial charge in [0.05, 0.1) is 30.0 Å². The lowest BCUT2D eigenvalue weighted by molar-refractivity contribution is 0.0455. The van der Waals surface area contributed by atoms with Crippen LogP contribution in [0.2, 0.25) is 0 Å². The molecule has 1 aliphatic rings. The monoisotopic (exact) mass is 274 g/mol. The lowest BCUT2D eigenvalue weighted by Gasteiger charge is -2.25. The van der Waals surface area contributed by atoms with Gasteiger partial charge in [-0.05, 0) is 34.1 Å². The van der Waals surface area contributed by atoms with Crippen molar-refractivity contribution < 1.29 is 9.47 Å². The second-order valence-corrected chi connectivity index (χ2v) is 5.30. The Bertz CT molecular complexity index is 326. The third-order valence-corrected chi connectivity index (χ3v) is 3.78. The molecule has 1 aliphatic heterocycles. The molecule has 0 unspecified atom stereocenters. The van der Waals surface area contributed by atoms with Crippen LogP contribution in [0.1, 0.15) is 0 Å². The van der Waals surface area contributed by atoms with Gasteiger partial charge in [-0.1, -0.05) is 0 Å². The highest BCUT2D eigenvalue weighted by atomic mass is 79.9. The number of benzene rings is 1. The summed E-state index contributed by atoms with van der Waals surface area (Å²) in [4.78, 5) is 1.26. The number of halogens is 1. The van der Waals surface area contributed by atoms with Gasteiger partial charge in [0.1, 0.15) is 5.75 Å². The van der Waals surface area contributed by atoms with Crippen molar-refractivity contribution in [3.63, 3.8) is 0 Å². The molecule has 0 radical (unpaired) electrons. The Hall–Kier alpha value is -0.190. The predicted molar refractivity (Wildman–Crippen MR) is 61.2 cm³/mol. The molecule has 1 saturated heterocycles. The summed E-state index contributed by atoms with van der Waals surface area (Å²) in [5, 5.41) is 0.621. The summed E-state index contributed by atoms with van der Waals surface area (Å²) in [6, 6.07) is 6.14. The maximum atomic E-state index is 5.16. The van der Waals surface area contributed by atoms with E-state index in [4.69, 9.17) is 9.47 Å². The Balaban J connectivity index is 2.07. The number of hydrogen-bond donors (Lipinski definition) is 0. The van der Waals surface area contributed by atoms with Crippen LogP contribution in [-0.2, 0) is 4.74 Å². The summed E-state index contributed by atoms with van der Waals surface area (Å²) in [6.07, 6.45) is 0. The molecule has 0 spiro atoms. The van der Waals surface area contributed by atoms with Crippen LogP contribution in [0.25, 0.3) is 0 Å². The maximum absolute atomic E-state index is 5.16. The first-order valence-corrected chi connectivity index (χ1v) is 6.05. The predicted octanol–water partition coefficient (Wildman–Crippen LogP) is 2.95. The van der Waals surface area contributed by atoms with Crippen molar-refractivity contribution in [2.75, 3.05) is 20.3 Å². The molecule has 0 saturated carbocycles. The second kappa shape index (κ2) is 4.55. The summed E-state index contributed by atoms with van der Waals surface area (Å²) >= 11 is 5.32. The van der Waals surface area contributed by atoms with Crippen LogP contribution in [-0.4, -0.2) is 25.6 Å². The Morgan fingerprint density at radius 2 is 2.29 bits per heavy atom. The highest BCUT2D eigenvalue weighted by Gasteiger charge is 2.19. The summed E-state index contributed by atoms with van der Waals surface area (Å²) in [6.45, 7) is 1.74. The standard InChI is InChI=1S/C10H11BrO2S/c1-12-10-3-2-7(4-9(10)11)14-8-5-13-6-8/h2-4,8H,5-6H2,1H3. The first-order chi connectivity index (χ1) is 6.79. The first-order valence-electron chi connectivity index (χ1n) is 4.37. The molecule has 14 heavy (non-hydrogen) atoms. The van der Waals surface area contributed by atoms with Gasteiger partial charge in [-0.3, -0.25) is 0 Å². The average molecular weight is 275 g/mol. The van der Waals surface area contributed by atoms with Gasteiger partial charge >= 0.3 is 0 Å². The molecule has 0 aromatic heterocycles. The number of methoxy groups -OCH3 is 1. The fraction of sp³-hybridized carbons (Fsp3) is 0.400. The maximum Gasteiger partial charge on any atom is 0.133 e. The zero-order valence-corrected chi connectivity index (χ0v) is 10.2. The molecule has 1 aromatic carbocycles. The smallest absolute Gasteiger partial charge is 0.133 e. The van der Waals surface area contributed by atoms with Crippen molar-refractivity contribution in [2.24, 2.45) is 0 Å². The van der Waals surface area contributed by atoms with Crippen molar-refractivity contribution in [1.29, 1.82) is 0 Å². The minimum absolute atomic E-state index is 0.621. The SMILES string of the molecule is COc1ccc(SC2COC2)cc1Br. The molecule has 1 fully saturated rings. The quantitative estimate of drug-likeness (QED) is 0.845.